The number of fused-ring (bicyclic) bond motifs is 1. The lowest BCUT2D eigenvalue weighted by Crippen LogP contribution is -2.16. The van der Waals surface area contributed by atoms with Crippen molar-refractivity contribution in [3.8, 4) is 0 Å². The van der Waals surface area contributed by atoms with Gasteiger partial charge in [0.2, 0.25) is 0 Å². The number of aryl methyl sites for hydroxylation is 2. The quantitative estimate of drug-likeness (QED) is 0.806. The molecule has 0 amide bonds. The van der Waals surface area contributed by atoms with Crippen LogP contribution in [-0.4, -0.2) is 19.3 Å². The van der Waals surface area contributed by atoms with E-state index in [1.807, 2.05) is 11.7 Å². The van der Waals surface area contributed by atoms with Gasteiger partial charge >= 0.3 is 0 Å². The average molecular weight is 281 g/mol. The van der Waals surface area contributed by atoms with Crippen LogP contribution in [0.25, 0.3) is 11.2 Å². The first-order valence-corrected chi connectivity index (χ1v) is 7.78. The number of aromatic nitrogens is 4. The molecule has 0 aromatic carbocycles. The smallest absolute Gasteiger partial charge is 0.158 e. The Balaban J connectivity index is 2.17. The zero-order chi connectivity index (χ0) is 13.4. The van der Waals surface area contributed by atoms with Gasteiger partial charge in [-0.05, 0) is 19.3 Å². The van der Waals surface area contributed by atoms with Gasteiger partial charge in [0.1, 0.15) is 11.3 Å². The number of imidazole rings is 1. The Kier molecular flexibility index (Phi) is 3.52. The molecule has 104 valence electrons. The van der Waals surface area contributed by atoms with Crippen LogP contribution in [0.5, 0.6) is 0 Å². The van der Waals surface area contributed by atoms with Crippen LogP contribution in [0.4, 0.5) is 0 Å². The summed E-state index contributed by atoms with van der Waals surface area (Å²) < 4.78 is 4.33. The molecule has 2 aromatic heterocycles. The summed E-state index contributed by atoms with van der Waals surface area (Å²) in [6.07, 6.45) is 7.37. The summed E-state index contributed by atoms with van der Waals surface area (Å²) >= 11 is 6.11. The van der Waals surface area contributed by atoms with Gasteiger partial charge in [-0.1, -0.05) is 26.2 Å². The predicted molar refractivity (Wildman–Crippen MR) is 77.6 cm³/mol. The van der Waals surface area contributed by atoms with E-state index in [0.29, 0.717) is 11.9 Å². The van der Waals surface area contributed by atoms with Crippen LogP contribution < -0.4 is 0 Å². The van der Waals surface area contributed by atoms with E-state index >= 15 is 0 Å². The fourth-order valence-electron chi connectivity index (χ4n) is 3.30. The summed E-state index contributed by atoms with van der Waals surface area (Å²) in [4.78, 5) is 4.75. The van der Waals surface area contributed by atoms with Crippen molar-refractivity contribution < 1.29 is 0 Å². The highest BCUT2D eigenvalue weighted by molar-refractivity contribution is 6.16. The molecule has 19 heavy (non-hydrogen) atoms. The Hall–Kier alpha value is -1.03. The van der Waals surface area contributed by atoms with Crippen molar-refractivity contribution in [1.29, 1.82) is 0 Å². The maximum atomic E-state index is 6.11. The summed E-state index contributed by atoms with van der Waals surface area (Å²) in [5.74, 6) is 1.49. The van der Waals surface area contributed by atoms with Crippen molar-refractivity contribution in [2.45, 2.75) is 57.4 Å². The van der Waals surface area contributed by atoms with Crippen LogP contribution in [-0.2, 0) is 19.3 Å². The molecule has 1 aliphatic carbocycles. The van der Waals surface area contributed by atoms with Crippen LogP contribution in [0.2, 0.25) is 0 Å². The van der Waals surface area contributed by atoms with Crippen LogP contribution in [0, 0.1) is 0 Å². The molecule has 2 aromatic rings. The summed E-state index contributed by atoms with van der Waals surface area (Å²) in [5, 5.41) is 4.59. The minimum atomic E-state index is 0.480. The van der Waals surface area contributed by atoms with Gasteiger partial charge in [-0.25, -0.2) is 4.98 Å². The summed E-state index contributed by atoms with van der Waals surface area (Å²) in [5.41, 5.74) is 3.28. The molecule has 5 heteroatoms. The number of hydrogen-bond donors (Lipinski definition) is 0. The average Bonchev–Trinajstić information content (AvgIpc) is 2.97. The third kappa shape index (κ3) is 2.06. The van der Waals surface area contributed by atoms with Crippen LogP contribution in [0.15, 0.2) is 0 Å². The van der Waals surface area contributed by atoms with Gasteiger partial charge < -0.3 is 4.57 Å². The summed E-state index contributed by atoms with van der Waals surface area (Å²) in [6, 6.07) is 0.549. The fourth-order valence-corrected chi connectivity index (χ4v) is 3.49. The molecule has 0 N–H and O–H groups in total. The molecule has 0 atom stereocenters. The molecule has 0 aliphatic heterocycles. The van der Waals surface area contributed by atoms with Crippen molar-refractivity contribution in [3.63, 3.8) is 0 Å². The first kappa shape index (κ1) is 13.0. The van der Waals surface area contributed by atoms with Crippen molar-refractivity contribution in [2.24, 2.45) is 7.05 Å². The van der Waals surface area contributed by atoms with E-state index in [0.717, 1.165) is 29.1 Å². The predicted octanol–water partition coefficient (Wildman–Crippen LogP) is 3.58. The monoisotopic (exact) mass is 280 g/mol. The number of alkyl halides is 1. The van der Waals surface area contributed by atoms with E-state index in [1.54, 1.807) is 0 Å². The molecular weight excluding hydrogens is 260 g/mol. The zero-order valence-corrected chi connectivity index (χ0v) is 12.4. The molecule has 2 heterocycles. The maximum absolute atomic E-state index is 6.11. The molecule has 0 saturated heterocycles. The van der Waals surface area contributed by atoms with Gasteiger partial charge in [0.05, 0.1) is 11.6 Å². The van der Waals surface area contributed by atoms with Crippen molar-refractivity contribution in [3.05, 3.63) is 11.5 Å². The Morgan fingerprint density at radius 3 is 2.63 bits per heavy atom. The van der Waals surface area contributed by atoms with E-state index in [2.05, 4.69) is 16.6 Å². The Morgan fingerprint density at radius 2 is 2.00 bits per heavy atom. The topological polar surface area (TPSA) is 35.6 Å². The Labute approximate surface area is 118 Å². The summed E-state index contributed by atoms with van der Waals surface area (Å²) in [7, 11) is 2.01. The minimum Gasteiger partial charge on any atom is -0.309 e. The molecule has 1 aliphatic rings. The van der Waals surface area contributed by atoms with E-state index in [4.69, 9.17) is 16.6 Å². The van der Waals surface area contributed by atoms with E-state index in [9.17, 15) is 0 Å². The van der Waals surface area contributed by atoms with Crippen LogP contribution in [0.3, 0.4) is 0 Å². The molecule has 0 unspecified atom stereocenters. The first-order valence-electron chi connectivity index (χ1n) is 7.25. The van der Waals surface area contributed by atoms with Crippen molar-refractivity contribution in [1.82, 2.24) is 19.3 Å². The second kappa shape index (κ2) is 5.16. The highest BCUT2D eigenvalue weighted by Gasteiger charge is 2.24. The highest BCUT2D eigenvalue weighted by atomic mass is 35.5. The lowest BCUT2D eigenvalue weighted by Gasteiger charge is -2.25. The molecule has 4 nitrogen and oxygen atoms in total. The third-order valence-corrected chi connectivity index (χ3v) is 4.44. The molecular formula is C14H21ClN4. The molecule has 0 radical (unpaired) electrons. The van der Waals surface area contributed by atoms with Crippen LogP contribution >= 0.6 is 11.6 Å². The maximum Gasteiger partial charge on any atom is 0.158 e. The normalized spacial score (nSPS) is 17.4. The lowest BCUT2D eigenvalue weighted by molar-refractivity contribution is 0.351. The standard InChI is InChI=1S/C14H21ClN4/c1-3-11-13-14(18(2)17-11)19(12(9-15)16-13)10-7-5-4-6-8-10/h10H,3-9H2,1-2H3. The molecule has 0 bridgehead atoms. The number of halogens is 1. The summed E-state index contributed by atoms with van der Waals surface area (Å²) in [6.45, 7) is 2.13. The molecule has 1 fully saturated rings. The highest BCUT2D eigenvalue weighted by Crippen LogP contribution is 2.33. The zero-order valence-electron chi connectivity index (χ0n) is 11.7. The molecule has 0 spiro atoms. The second-order valence-electron chi connectivity index (χ2n) is 5.42. The van der Waals surface area contributed by atoms with Gasteiger partial charge in [0, 0.05) is 13.1 Å². The van der Waals surface area contributed by atoms with Gasteiger partial charge in [-0.15, -0.1) is 11.6 Å². The van der Waals surface area contributed by atoms with Gasteiger partial charge in [0.15, 0.2) is 5.65 Å². The van der Waals surface area contributed by atoms with E-state index in [1.165, 1.54) is 32.1 Å². The molecule has 3 rings (SSSR count). The Bertz CT molecular complexity index is 578. The SMILES string of the molecule is CCc1nn(C)c2c1nc(CCl)n2C1CCCCC1. The number of nitrogens with zero attached hydrogens (tertiary/aromatic N) is 4. The minimum absolute atomic E-state index is 0.480. The van der Waals surface area contributed by atoms with E-state index in [-0.39, 0.29) is 0 Å². The third-order valence-electron chi connectivity index (χ3n) is 4.20. The van der Waals surface area contributed by atoms with Gasteiger partial charge in [-0.2, -0.15) is 5.10 Å². The fraction of sp³-hybridized carbons (Fsp3) is 0.714. The van der Waals surface area contributed by atoms with Crippen LogP contribution in [0.1, 0.15) is 56.6 Å². The second-order valence-corrected chi connectivity index (χ2v) is 5.69. The van der Waals surface area contributed by atoms with Crippen molar-refractivity contribution in [2.75, 3.05) is 0 Å². The largest absolute Gasteiger partial charge is 0.309 e. The van der Waals surface area contributed by atoms with E-state index < -0.39 is 0 Å². The lowest BCUT2D eigenvalue weighted by atomic mass is 9.95. The first-order chi connectivity index (χ1) is 9.26. The number of rotatable bonds is 3. The number of hydrogen-bond acceptors (Lipinski definition) is 2. The molecule has 1 saturated carbocycles. The van der Waals surface area contributed by atoms with Crippen molar-refractivity contribution >= 4 is 22.8 Å². The Morgan fingerprint density at radius 1 is 1.26 bits per heavy atom. The van der Waals surface area contributed by atoms with Gasteiger partial charge in [0.25, 0.3) is 0 Å². The van der Waals surface area contributed by atoms with Gasteiger partial charge in [-0.3, -0.25) is 4.68 Å².